The van der Waals surface area contributed by atoms with Crippen LogP contribution in [0, 0.1) is 6.92 Å². The van der Waals surface area contributed by atoms with E-state index in [9.17, 15) is 35.9 Å². The number of nitrogens with zero attached hydrogens (tertiary/aromatic N) is 2. The number of carbonyl (C=O) groups excluding carboxylic acids is 2. The molecule has 2 aromatic rings. The van der Waals surface area contributed by atoms with Gasteiger partial charge in [-0.15, -0.1) is 0 Å². The number of pyridine rings is 2. The van der Waals surface area contributed by atoms with E-state index in [4.69, 9.17) is 0 Å². The summed E-state index contributed by atoms with van der Waals surface area (Å²) in [5.74, 6) is -2.11. The first-order chi connectivity index (χ1) is 15.7. The normalized spacial score (nSPS) is 13.7. The highest BCUT2D eigenvalue weighted by atomic mass is 19.4. The maximum absolute atomic E-state index is 12.5. The third kappa shape index (κ3) is 9.92. The lowest BCUT2D eigenvalue weighted by Gasteiger charge is -2.17. The number of nitrogens with one attached hydrogen (secondary N) is 2. The first kappa shape index (κ1) is 26.7. The summed E-state index contributed by atoms with van der Waals surface area (Å²) in [5, 5.41) is 5.02. The Kier molecular flexibility index (Phi) is 8.65. The lowest BCUT2D eigenvalue weighted by molar-refractivity contribution is -0.155. The molecule has 8 nitrogen and oxygen atoms in total. The number of halogens is 6. The van der Waals surface area contributed by atoms with Gasteiger partial charge in [-0.3, -0.25) is 14.6 Å². The molecule has 1 saturated heterocycles. The van der Waals surface area contributed by atoms with E-state index in [-0.39, 0.29) is 5.91 Å². The molecule has 0 radical (unpaired) electrons. The average molecular weight is 494 g/mol. The molecule has 3 rings (SSSR count). The number of carbonyl (C=O) groups is 2. The molecule has 14 heteroatoms. The molecule has 2 aromatic heterocycles. The van der Waals surface area contributed by atoms with Crippen molar-refractivity contribution < 1.29 is 45.4 Å². The predicted molar refractivity (Wildman–Crippen MR) is 105 cm³/mol. The van der Waals surface area contributed by atoms with E-state index in [1.807, 2.05) is 0 Å². The molecule has 1 unspecified atom stereocenters. The third-order valence-electron chi connectivity index (χ3n) is 3.93. The smallest absolute Gasteiger partial charge is 0.422 e. The Balaban J connectivity index is 0.000000920. The van der Waals surface area contributed by atoms with Gasteiger partial charge in [0, 0.05) is 18.0 Å². The molecule has 1 fully saturated rings. The number of rotatable bonds is 7. The molecule has 1 aliphatic heterocycles. The van der Waals surface area contributed by atoms with Gasteiger partial charge in [-0.25, -0.2) is 0 Å². The van der Waals surface area contributed by atoms with Crippen LogP contribution in [0.15, 0.2) is 30.5 Å². The van der Waals surface area contributed by atoms with Crippen LogP contribution in [0.3, 0.4) is 0 Å². The molecule has 186 valence electrons. The highest BCUT2D eigenvalue weighted by molar-refractivity contribution is 5.96. The summed E-state index contributed by atoms with van der Waals surface area (Å²) in [6, 6.07) is 4.71. The summed E-state index contributed by atoms with van der Waals surface area (Å²) in [7, 11) is 0. The van der Waals surface area contributed by atoms with Crippen LogP contribution in [0.25, 0.3) is 0 Å². The van der Waals surface area contributed by atoms with Gasteiger partial charge in [0.2, 0.25) is 17.7 Å². The van der Waals surface area contributed by atoms with Crippen LogP contribution in [0.5, 0.6) is 11.8 Å². The molecule has 0 spiro atoms. The highest BCUT2D eigenvalue weighted by Crippen LogP contribution is 2.25. The van der Waals surface area contributed by atoms with Crippen molar-refractivity contribution in [2.45, 2.75) is 32.2 Å². The number of hydrogen-bond acceptors (Lipinski definition) is 6. The van der Waals surface area contributed by atoms with Crippen molar-refractivity contribution in [2.24, 2.45) is 0 Å². The fourth-order valence-electron chi connectivity index (χ4n) is 2.32. The molecule has 0 bridgehead atoms. The minimum absolute atomic E-state index is 0.167. The molecule has 0 saturated carbocycles. The van der Waals surface area contributed by atoms with Crippen molar-refractivity contribution in [2.75, 3.05) is 19.8 Å². The number of amides is 2. The standard InChI is InChI=1S/C18H17F6N3O3.C2H3NO/c1-10-7-12(5-6-25-10)11(2)26-15(28)13-3-4-14(29-8-17(19,20)21)27-16(13)30-9-18(22,23)24;4-2-1-3-2/h3-7,11H,8-9H2,1-2H3,(H,26,28);1H2,(H,3,4). The molecular formula is C20H20F6N4O4. The molecule has 2 amide bonds. The summed E-state index contributed by atoms with van der Waals surface area (Å²) < 4.78 is 83.3. The Bertz CT molecular complexity index is 1010. The average Bonchev–Trinajstić information content (AvgIpc) is 3.52. The lowest BCUT2D eigenvalue weighted by Crippen LogP contribution is -2.28. The Labute approximate surface area is 189 Å². The van der Waals surface area contributed by atoms with Crippen LogP contribution in [0.4, 0.5) is 26.3 Å². The first-order valence-electron chi connectivity index (χ1n) is 9.64. The maximum Gasteiger partial charge on any atom is 0.422 e. The van der Waals surface area contributed by atoms with Crippen molar-refractivity contribution in [3.63, 3.8) is 0 Å². The fraction of sp³-hybridized carbons (Fsp3) is 0.400. The number of aromatic nitrogens is 2. The van der Waals surface area contributed by atoms with Gasteiger partial charge in [-0.2, -0.15) is 31.3 Å². The van der Waals surface area contributed by atoms with Crippen LogP contribution in [0.2, 0.25) is 0 Å². The number of hydrogen-bond donors (Lipinski definition) is 2. The topological polar surface area (TPSA) is 112 Å². The summed E-state index contributed by atoms with van der Waals surface area (Å²) >= 11 is 0. The number of ether oxygens (including phenoxy) is 2. The Morgan fingerprint density at radius 2 is 1.71 bits per heavy atom. The summed E-state index contributed by atoms with van der Waals surface area (Å²) in [5.41, 5.74) is 0.985. The van der Waals surface area contributed by atoms with Gasteiger partial charge in [0.1, 0.15) is 5.56 Å². The summed E-state index contributed by atoms with van der Waals surface area (Å²) in [6.45, 7) is 0.479. The third-order valence-corrected chi connectivity index (χ3v) is 3.93. The van der Waals surface area contributed by atoms with E-state index in [1.165, 1.54) is 6.20 Å². The van der Waals surface area contributed by atoms with Crippen molar-refractivity contribution in [1.82, 2.24) is 20.6 Å². The van der Waals surface area contributed by atoms with Gasteiger partial charge in [-0.05, 0) is 37.6 Å². The quantitative estimate of drug-likeness (QED) is 0.452. The Morgan fingerprint density at radius 3 is 2.24 bits per heavy atom. The van der Waals surface area contributed by atoms with E-state index < -0.39 is 54.8 Å². The van der Waals surface area contributed by atoms with Gasteiger partial charge in [-0.1, -0.05) is 0 Å². The number of alkyl halides is 6. The van der Waals surface area contributed by atoms with Gasteiger partial charge >= 0.3 is 12.4 Å². The van der Waals surface area contributed by atoms with Crippen LogP contribution in [0.1, 0.15) is 34.6 Å². The molecule has 1 atom stereocenters. The van der Waals surface area contributed by atoms with E-state index in [0.717, 1.165) is 12.1 Å². The zero-order valence-corrected chi connectivity index (χ0v) is 17.9. The van der Waals surface area contributed by atoms with Crippen LogP contribution in [-0.2, 0) is 4.79 Å². The minimum atomic E-state index is -4.75. The molecule has 1 aliphatic rings. The first-order valence-corrected chi connectivity index (χ1v) is 9.64. The second-order valence-corrected chi connectivity index (χ2v) is 7.01. The summed E-state index contributed by atoms with van der Waals surface area (Å²) in [6.07, 6.45) is -7.90. The second kappa shape index (κ2) is 11.0. The Morgan fingerprint density at radius 1 is 1.12 bits per heavy atom. The van der Waals surface area contributed by atoms with Crippen LogP contribution >= 0.6 is 0 Å². The molecule has 2 N–H and O–H groups in total. The van der Waals surface area contributed by atoms with Crippen LogP contribution < -0.4 is 20.1 Å². The van der Waals surface area contributed by atoms with E-state index in [0.29, 0.717) is 17.8 Å². The van der Waals surface area contributed by atoms with E-state index in [2.05, 4.69) is 30.1 Å². The lowest BCUT2D eigenvalue weighted by atomic mass is 10.1. The largest absolute Gasteiger partial charge is 0.468 e. The van der Waals surface area contributed by atoms with Crippen molar-refractivity contribution in [3.05, 3.63) is 47.3 Å². The van der Waals surface area contributed by atoms with Crippen LogP contribution in [-0.4, -0.2) is 53.9 Å². The van der Waals surface area contributed by atoms with Crippen molar-refractivity contribution in [3.8, 4) is 11.8 Å². The van der Waals surface area contributed by atoms with Gasteiger partial charge in [0.15, 0.2) is 13.2 Å². The minimum Gasteiger partial charge on any atom is -0.468 e. The van der Waals surface area contributed by atoms with E-state index >= 15 is 0 Å². The molecule has 34 heavy (non-hydrogen) atoms. The zero-order chi connectivity index (χ0) is 25.5. The zero-order valence-electron chi connectivity index (χ0n) is 17.9. The van der Waals surface area contributed by atoms with Crippen molar-refractivity contribution >= 4 is 11.8 Å². The maximum atomic E-state index is 12.5. The molecule has 0 aliphatic carbocycles. The summed E-state index contributed by atoms with van der Waals surface area (Å²) in [4.78, 5) is 29.5. The number of aryl methyl sites for hydroxylation is 1. The van der Waals surface area contributed by atoms with Gasteiger partial charge in [0.25, 0.3) is 5.91 Å². The van der Waals surface area contributed by atoms with Crippen molar-refractivity contribution in [1.29, 1.82) is 0 Å². The molecule has 3 heterocycles. The van der Waals surface area contributed by atoms with Gasteiger partial charge < -0.3 is 20.1 Å². The van der Waals surface area contributed by atoms with Gasteiger partial charge in [0.05, 0.1) is 12.6 Å². The second-order valence-electron chi connectivity index (χ2n) is 7.01. The molecular weight excluding hydrogens is 474 g/mol. The monoisotopic (exact) mass is 494 g/mol. The highest BCUT2D eigenvalue weighted by Gasteiger charge is 2.31. The SMILES string of the molecule is Cc1cc(C(C)NC(=O)c2ccc(OCC(F)(F)F)nc2OCC(F)(F)F)ccn1.O=C1CN1. The fourth-order valence-corrected chi connectivity index (χ4v) is 2.32. The predicted octanol–water partition coefficient (Wildman–Crippen LogP) is 3.27. The van der Waals surface area contributed by atoms with E-state index in [1.54, 1.807) is 26.0 Å². The Hall–Kier alpha value is -3.58. The molecule has 0 aromatic carbocycles.